The van der Waals surface area contributed by atoms with Gasteiger partial charge in [0.2, 0.25) is 0 Å². The van der Waals surface area contributed by atoms with Gasteiger partial charge in [-0.25, -0.2) is 9.18 Å². The van der Waals surface area contributed by atoms with E-state index in [1.807, 2.05) is 53.7 Å². The zero-order chi connectivity index (χ0) is 33.5. The third-order valence-electron chi connectivity index (χ3n) is 10.4. The number of anilines is 1. The third kappa shape index (κ3) is 7.26. The summed E-state index contributed by atoms with van der Waals surface area (Å²) in [5.74, 6) is -0.518. The lowest BCUT2D eigenvalue weighted by Gasteiger charge is -2.49. The first-order chi connectivity index (χ1) is 22.3. The predicted octanol–water partition coefficient (Wildman–Crippen LogP) is 8.64. The van der Waals surface area contributed by atoms with Gasteiger partial charge < -0.3 is 14.4 Å². The highest BCUT2D eigenvalue weighted by Gasteiger charge is 2.42. The summed E-state index contributed by atoms with van der Waals surface area (Å²) in [6, 6.07) is 13.8. The van der Waals surface area contributed by atoms with Crippen molar-refractivity contribution < 1.29 is 18.7 Å². The highest BCUT2D eigenvalue weighted by atomic mass is 19.1. The first-order valence-electron chi connectivity index (χ1n) is 17.5. The van der Waals surface area contributed by atoms with E-state index in [9.17, 15) is 9.18 Å². The minimum Gasteiger partial charge on any atom is -0.461 e. The topological polar surface area (TPSA) is 54.9 Å². The molecule has 1 saturated carbocycles. The van der Waals surface area contributed by atoms with Gasteiger partial charge in [0.25, 0.3) is 0 Å². The highest BCUT2D eigenvalue weighted by molar-refractivity contribution is 5.88. The number of aromatic nitrogens is 1. The van der Waals surface area contributed by atoms with Crippen LogP contribution in [0.15, 0.2) is 42.5 Å². The smallest absolute Gasteiger partial charge is 0.340 e. The quantitative estimate of drug-likeness (QED) is 0.230. The van der Waals surface area contributed by atoms with Gasteiger partial charge in [-0.15, -0.1) is 0 Å². The number of rotatable bonds is 8. The van der Waals surface area contributed by atoms with Gasteiger partial charge in [-0.2, -0.15) is 0 Å². The molecule has 7 heteroatoms. The minimum atomic E-state index is -0.900. The molecular weight excluding hydrogens is 589 g/mol. The Morgan fingerprint density at radius 2 is 1.70 bits per heavy atom. The summed E-state index contributed by atoms with van der Waals surface area (Å²) < 4.78 is 26.9. The van der Waals surface area contributed by atoms with Gasteiger partial charge in [0.05, 0.1) is 17.4 Å². The van der Waals surface area contributed by atoms with Gasteiger partial charge in [-0.3, -0.25) is 9.88 Å². The maximum absolute atomic E-state index is 14.4. The number of ether oxygens (including phenoxy) is 2. The number of carbonyl (C=O) groups excluding carboxylic acids is 1. The van der Waals surface area contributed by atoms with Crippen molar-refractivity contribution >= 4 is 11.7 Å². The molecule has 252 valence electrons. The average Bonchev–Trinajstić information content (AvgIpc) is 2.99. The van der Waals surface area contributed by atoms with E-state index in [1.165, 1.54) is 36.5 Å². The second-order valence-corrected chi connectivity index (χ2v) is 15.4. The molecule has 6 nitrogen and oxygen atoms in total. The molecule has 0 unspecified atom stereocenters. The summed E-state index contributed by atoms with van der Waals surface area (Å²) in [6.45, 7) is 18.0. The van der Waals surface area contributed by atoms with E-state index >= 15 is 0 Å². The minimum absolute atomic E-state index is 0.147. The zero-order valence-electron chi connectivity index (χ0n) is 29.4. The molecule has 0 N–H and O–H groups in total. The summed E-state index contributed by atoms with van der Waals surface area (Å²) >= 11 is 0. The number of hydrogen-bond acceptors (Lipinski definition) is 6. The Morgan fingerprint density at radius 1 is 0.979 bits per heavy atom. The van der Waals surface area contributed by atoms with Crippen LogP contribution in [-0.2, 0) is 33.8 Å². The normalized spacial score (nSPS) is 18.6. The number of benzene rings is 2. The van der Waals surface area contributed by atoms with Crippen molar-refractivity contribution in [1.82, 2.24) is 9.88 Å². The Morgan fingerprint density at radius 3 is 2.34 bits per heavy atom. The van der Waals surface area contributed by atoms with Crippen LogP contribution in [0.4, 0.5) is 10.1 Å². The van der Waals surface area contributed by atoms with Gasteiger partial charge >= 0.3 is 5.97 Å². The molecule has 47 heavy (non-hydrogen) atoms. The lowest BCUT2D eigenvalue weighted by Crippen LogP contribution is -2.44. The van der Waals surface area contributed by atoms with Crippen molar-refractivity contribution in [3.8, 4) is 11.1 Å². The van der Waals surface area contributed by atoms with E-state index < -0.39 is 11.7 Å². The van der Waals surface area contributed by atoms with Crippen molar-refractivity contribution in [3.05, 3.63) is 81.9 Å². The van der Waals surface area contributed by atoms with E-state index in [2.05, 4.69) is 34.9 Å². The fourth-order valence-electron chi connectivity index (χ4n) is 7.86. The molecule has 1 aliphatic carbocycles. The van der Waals surface area contributed by atoms with Gasteiger partial charge in [-0.05, 0) is 109 Å². The van der Waals surface area contributed by atoms with Crippen LogP contribution in [0.5, 0.6) is 0 Å². The van der Waals surface area contributed by atoms with Crippen LogP contribution in [0.2, 0.25) is 0 Å². The first kappa shape index (κ1) is 33.6. The fraction of sp³-hybridized carbons (Fsp3) is 0.550. The number of fused-ring (bicyclic) bond motifs is 1. The van der Waals surface area contributed by atoms with E-state index in [0.29, 0.717) is 12.0 Å². The standard InChI is InChI=1S/C40H52FN3O3/c1-26(2)46-38(45)37(47-39(5,6)7)35-28(4)42-27(3)34(36(35)44-21-18-40(19-22-44)16-10-17-40)30-13-14-31-24-43(20-15-29(31)23-30)25-32-11-8-9-12-33(32)41/h8-9,11-14,23,26,37H,10,15-22,24-25H2,1-7H3/t37-/m0/s1. The maximum atomic E-state index is 14.4. The third-order valence-corrected chi connectivity index (χ3v) is 10.4. The molecule has 2 aliphatic heterocycles. The van der Waals surface area contributed by atoms with E-state index in [1.54, 1.807) is 6.07 Å². The van der Waals surface area contributed by atoms with Crippen LogP contribution in [0.25, 0.3) is 11.1 Å². The lowest BCUT2D eigenvalue weighted by molar-refractivity contribution is -0.171. The van der Waals surface area contributed by atoms with Crippen molar-refractivity contribution in [2.75, 3.05) is 24.5 Å². The maximum Gasteiger partial charge on any atom is 0.340 e. The molecule has 1 spiro atoms. The average molecular weight is 642 g/mol. The van der Waals surface area contributed by atoms with Gasteiger partial charge in [0.15, 0.2) is 6.10 Å². The molecule has 3 aliphatic rings. The van der Waals surface area contributed by atoms with Gasteiger partial charge in [0, 0.05) is 60.8 Å². The van der Waals surface area contributed by atoms with Crippen LogP contribution >= 0.6 is 0 Å². The second kappa shape index (κ2) is 13.3. The molecule has 3 heterocycles. The van der Waals surface area contributed by atoms with Crippen LogP contribution in [-0.4, -0.2) is 47.2 Å². The zero-order valence-corrected chi connectivity index (χ0v) is 29.4. The fourth-order valence-corrected chi connectivity index (χ4v) is 7.86. The summed E-state index contributed by atoms with van der Waals surface area (Å²) in [7, 11) is 0. The molecule has 0 amide bonds. The second-order valence-electron chi connectivity index (χ2n) is 15.4. The lowest BCUT2D eigenvalue weighted by atomic mass is 9.63. The summed E-state index contributed by atoms with van der Waals surface area (Å²) in [4.78, 5) is 23.8. The number of nitrogens with zero attached hydrogens (tertiary/aromatic N) is 3. The van der Waals surface area contributed by atoms with Crippen molar-refractivity contribution in [1.29, 1.82) is 0 Å². The van der Waals surface area contributed by atoms with E-state index in [-0.39, 0.29) is 17.9 Å². The van der Waals surface area contributed by atoms with Crippen molar-refractivity contribution in [3.63, 3.8) is 0 Å². The van der Waals surface area contributed by atoms with Crippen LogP contribution in [0, 0.1) is 25.1 Å². The summed E-state index contributed by atoms with van der Waals surface area (Å²) in [5, 5.41) is 0. The van der Waals surface area contributed by atoms with E-state index in [4.69, 9.17) is 14.5 Å². The molecule has 2 fully saturated rings. The van der Waals surface area contributed by atoms with Crippen molar-refractivity contribution in [2.45, 2.75) is 118 Å². The number of pyridine rings is 1. The Bertz CT molecular complexity index is 1610. The SMILES string of the molecule is Cc1nc(C)c([C@H](OC(C)(C)C)C(=O)OC(C)C)c(N2CCC3(CCC3)CC2)c1-c1ccc2c(c1)CCN(Cc1ccccc1F)C2. The van der Waals surface area contributed by atoms with Gasteiger partial charge in [0.1, 0.15) is 5.82 Å². The predicted molar refractivity (Wildman–Crippen MR) is 186 cm³/mol. The van der Waals surface area contributed by atoms with Crippen molar-refractivity contribution in [2.24, 2.45) is 5.41 Å². The Labute approximate surface area is 280 Å². The molecule has 6 rings (SSSR count). The molecule has 1 aromatic heterocycles. The Hall–Kier alpha value is -3.29. The highest BCUT2D eigenvalue weighted by Crippen LogP contribution is 2.51. The number of aryl methyl sites for hydroxylation is 2. The molecule has 0 bridgehead atoms. The molecule has 3 aromatic rings. The molecule has 1 saturated heterocycles. The largest absolute Gasteiger partial charge is 0.461 e. The van der Waals surface area contributed by atoms with Crippen LogP contribution < -0.4 is 4.90 Å². The van der Waals surface area contributed by atoms with E-state index in [0.717, 1.165) is 84.8 Å². The number of halogens is 1. The number of carbonyl (C=O) groups is 1. The summed E-state index contributed by atoms with van der Waals surface area (Å²) in [5.41, 5.74) is 9.06. The first-order valence-corrected chi connectivity index (χ1v) is 17.5. The van der Waals surface area contributed by atoms with Gasteiger partial charge in [-0.1, -0.05) is 42.8 Å². The molecular formula is C40H52FN3O3. The molecule has 2 aromatic carbocycles. The molecule has 1 atom stereocenters. The number of hydrogen-bond donors (Lipinski definition) is 0. The Kier molecular flexibility index (Phi) is 9.52. The molecule has 0 radical (unpaired) electrons. The number of piperidine rings is 1. The monoisotopic (exact) mass is 641 g/mol. The number of esters is 1. The van der Waals surface area contributed by atoms with Crippen LogP contribution in [0.3, 0.4) is 0 Å². The van der Waals surface area contributed by atoms with Crippen LogP contribution in [0.1, 0.15) is 106 Å². The summed E-state index contributed by atoms with van der Waals surface area (Å²) in [6.07, 6.45) is 6.03. The Balaban J connectivity index is 1.42.